The molecule has 0 amide bonds. The van der Waals surface area contributed by atoms with E-state index in [0.29, 0.717) is 5.69 Å². The highest BCUT2D eigenvalue weighted by atomic mass is 16.1. The lowest BCUT2D eigenvalue weighted by molar-refractivity contribution is 0.0762. The molecule has 5 heteroatoms. The van der Waals surface area contributed by atoms with Crippen LogP contribution in [0.4, 0.5) is 0 Å². The number of ketones is 1. The van der Waals surface area contributed by atoms with Crippen molar-refractivity contribution < 1.29 is 4.79 Å². The molecule has 0 saturated carbocycles. The normalized spacial score (nSPS) is 26.5. The number of hydrogen-bond donors (Lipinski definition) is 1. The Balaban J connectivity index is 2.23. The third kappa shape index (κ3) is 1.79. The number of rotatable bonds is 2. The highest BCUT2D eigenvalue weighted by molar-refractivity contribution is 5.98. The number of carbonyl (C=O) groups is 1. The molecule has 1 N–H and O–H groups in total. The van der Waals surface area contributed by atoms with Gasteiger partial charge in [0.15, 0.2) is 5.78 Å². The standard InChI is InChI=1S/C10H16N4O/c1-10(4-3-5-11-7-10)9(15)8-6-12-13-14(8)2/h6,11H,3-5,7H2,1-2H3. The molecule has 2 rings (SSSR count). The van der Waals surface area contributed by atoms with Crippen LogP contribution in [0.25, 0.3) is 0 Å². The van der Waals surface area contributed by atoms with Crippen LogP contribution in [-0.4, -0.2) is 33.9 Å². The molecule has 0 aromatic carbocycles. The van der Waals surface area contributed by atoms with Crippen molar-refractivity contribution in [3.63, 3.8) is 0 Å². The third-order valence-electron chi connectivity index (χ3n) is 3.09. The molecular weight excluding hydrogens is 192 g/mol. The first kappa shape index (κ1) is 10.3. The summed E-state index contributed by atoms with van der Waals surface area (Å²) in [6.07, 6.45) is 3.53. The quantitative estimate of drug-likeness (QED) is 0.714. The van der Waals surface area contributed by atoms with Crippen LogP contribution in [0.1, 0.15) is 30.3 Å². The number of aromatic nitrogens is 3. The molecule has 1 aliphatic heterocycles. The van der Waals surface area contributed by atoms with Gasteiger partial charge in [-0.25, -0.2) is 4.68 Å². The van der Waals surface area contributed by atoms with E-state index in [1.54, 1.807) is 17.9 Å². The Hall–Kier alpha value is -1.23. The lowest BCUT2D eigenvalue weighted by Gasteiger charge is -2.32. The van der Waals surface area contributed by atoms with Crippen molar-refractivity contribution >= 4 is 5.78 Å². The predicted octanol–water partition coefficient (Wildman–Crippen LogP) is 0.388. The average molecular weight is 208 g/mol. The SMILES string of the molecule is Cn1nncc1C(=O)C1(C)CCCNC1. The molecule has 1 atom stereocenters. The van der Waals surface area contributed by atoms with E-state index >= 15 is 0 Å². The molecule has 1 aromatic rings. The monoisotopic (exact) mass is 208 g/mol. The van der Waals surface area contributed by atoms with E-state index in [-0.39, 0.29) is 11.2 Å². The zero-order chi connectivity index (χ0) is 10.9. The summed E-state index contributed by atoms with van der Waals surface area (Å²) in [4.78, 5) is 12.3. The molecule has 2 heterocycles. The van der Waals surface area contributed by atoms with Crippen LogP contribution in [0.3, 0.4) is 0 Å². The zero-order valence-corrected chi connectivity index (χ0v) is 9.16. The Kier molecular flexibility index (Phi) is 2.56. The van der Waals surface area contributed by atoms with Gasteiger partial charge in [-0.1, -0.05) is 12.1 Å². The predicted molar refractivity (Wildman–Crippen MR) is 55.5 cm³/mol. The summed E-state index contributed by atoms with van der Waals surface area (Å²) in [5.41, 5.74) is 0.300. The van der Waals surface area contributed by atoms with Gasteiger partial charge in [-0.15, -0.1) is 5.10 Å². The van der Waals surface area contributed by atoms with Crippen LogP contribution < -0.4 is 5.32 Å². The first-order valence-corrected chi connectivity index (χ1v) is 5.24. The van der Waals surface area contributed by atoms with Crippen molar-refractivity contribution in [2.45, 2.75) is 19.8 Å². The van der Waals surface area contributed by atoms with Crippen LogP contribution in [-0.2, 0) is 7.05 Å². The van der Waals surface area contributed by atoms with E-state index < -0.39 is 0 Å². The van der Waals surface area contributed by atoms with E-state index in [2.05, 4.69) is 15.6 Å². The Morgan fingerprint density at radius 2 is 2.47 bits per heavy atom. The molecule has 1 aromatic heterocycles. The number of hydrogen-bond acceptors (Lipinski definition) is 4. The summed E-state index contributed by atoms with van der Waals surface area (Å²) in [6, 6.07) is 0. The maximum atomic E-state index is 12.3. The highest BCUT2D eigenvalue weighted by Gasteiger charge is 2.36. The van der Waals surface area contributed by atoms with Crippen LogP contribution in [0.15, 0.2) is 6.20 Å². The molecule has 0 spiro atoms. The van der Waals surface area contributed by atoms with Crippen molar-refractivity contribution in [2.75, 3.05) is 13.1 Å². The number of piperidine rings is 1. The molecule has 0 bridgehead atoms. The summed E-state index contributed by atoms with van der Waals surface area (Å²) < 4.78 is 1.54. The fourth-order valence-corrected chi connectivity index (χ4v) is 2.05. The van der Waals surface area contributed by atoms with Gasteiger partial charge in [0, 0.05) is 19.0 Å². The van der Waals surface area contributed by atoms with E-state index in [9.17, 15) is 4.79 Å². The third-order valence-corrected chi connectivity index (χ3v) is 3.09. The molecule has 1 saturated heterocycles. The van der Waals surface area contributed by atoms with Gasteiger partial charge in [0.25, 0.3) is 0 Å². The lowest BCUT2D eigenvalue weighted by Crippen LogP contribution is -2.43. The van der Waals surface area contributed by atoms with E-state index in [4.69, 9.17) is 0 Å². The summed E-state index contributed by atoms with van der Waals surface area (Å²) in [5, 5.41) is 10.8. The number of Topliss-reactive ketones (excluding diaryl/α,β-unsaturated/α-hetero) is 1. The number of carbonyl (C=O) groups excluding carboxylic acids is 1. The minimum atomic E-state index is -0.298. The largest absolute Gasteiger partial charge is 0.316 e. The second-order valence-electron chi connectivity index (χ2n) is 4.41. The molecule has 82 valence electrons. The van der Waals surface area contributed by atoms with Crippen LogP contribution >= 0.6 is 0 Å². The number of nitrogens with zero attached hydrogens (tertiary/aromatic N) is 3. The van der Waals surface area contributed by atoms with Crippen LogP contribution in [0, 0.1) is 5.41 Å². The van der Waals surface area contributed by atoms with Crippen molar-refractivity contribution in [3.05, 3.63) is 11.9 Å². The van der Waals surface area contributed by atoms with Gasteiger partial charge in [-0.3, -0.25) is 4.79 Å². The molecule has 1 fully saturated rings. The minimum absolute atomic E-state index is 0.141. The molecule has 5 nitrogen and oxygen atoms in total. The topological polar surface area (TPSA) is 59.8 Å². The zero-order valence-electron chi connectivity index (χ0n) is 9.16. The average Bonchev–Trinajstić information content (AvgIpc) is 2.64. The van der Waals surface area contributed by atoms with Crippen molar-refractivity contribution in [1.82, 2.24) is 20.3 Å². The smallest absolute Gasteiger partial charge is 0.189 e. The lowest BCUT2D eigenvalue weighted by atomic mass is 9.78. The minimum Gasteiger partial charge on any atom is -0.316 e. The van der Waals surface area contributed by atoms with Gasteiger partial charge in [-0.05, 0) is 19.4 Å². The maximum absolute atomic E-state index is 12.3. The van der Waals surface area contributed by atoms with Crippen molar-refractivity contribution in [1.29, 1.82) is 0 Å². The fourth-order valence-electron chi connectivity index (χ4n) is 2.05. The van der Waals surface area contributed by atoms with Crippen LogP contribution in [0.2, 0.25) is 0 Å². The van der Waals surface area contributed by atoms with Gasteiger partial charge in [-0.2, -0.15) is 0 Å². The van der Waals surface area contributed by atoms with E-state index in [1.165, 1.54) is 0 Å². The Labute approximate surface area is 88.9 Å². The second-order valence-corrected chi connectivity index (χ2v) is 4.41. The van der Waals surface area contributed by atoms with Crippen LogP contribution in [0.5, 0.6) is 0 Å². The van der Waals surface area contributed by atoms with E-state index in [1.807, 2.05) is 6.92 Å². The number of aryl methyl sites for hydroxylation is 1. The van der Waals surface area contributed by atoms with Gasteiger partial charge >= 0.3 is 0 Å². The number of nitrogens with one attached hydrogen (secondary N) is 1. The van der Waals surface area contributed by atoms with Gasteiger partial charge in [0.2, 0.25) is 0 Å². The molecule has 1 unspecified atom stereocenters. The Morgan fingerprint density at radius 3 is 3.00 bits per heavy atom. The summed E-state index contributed by atoms with van der Waals surface area (Å²) >= 11 is 0. The first-order chi connectivity index (χ1) is 7.13. The van der Waals surface area contributed by atoms with E-state index in [0.717, 1.165) is 25.9 Å². The Morgan fingerprint density at radius 1 is 1.67 bits per heavy atom. The molecule has 0 aliphatic carbocycles. The van der Waals surface area contributed by atoms with Gasteiger partial charge < -0.3 is 5.32 Å². The molecular formula is C10H16N4O. The highest BCUT2D eigenvalue weighted by Crippen LogP contribution is 2.29. The van der Waals surface area contributed by atoms with Crippen molar-refractivity contribution in [3.8, 4) is 0 Å². The summed E-state index contributed by atoms with van der Waals surface area (Å²) in [7, 11) is 1.75. The fraction of sp³-hybridized carbons (Fsp3) is 0.700. The van der Waals surface area contributed by atoms with Gasteiger partial charge in [0.05, 0.1) is 6.20 Å². The van der Waals surface area contributed by atoms with Gasteiger partial charge in [0.1, 0.15) is 5.69 Å². The summed E-state index contributed by atoms with van der Waals surface area (Å²) in [5.74, 6) is 0.141. The van der Waals surface area contributed by atoms with Crippen molar-refractivity contribution in [2.24, 2.45) is 12.5 Å². The molecule has 15 heavy (non-hydrogen) atoms. The second kappa shape index (κ2) is 3.73. The summed E-state index contributed by atoms with van der Waals surface area (Å²) in [6.45, 7) is 3.76. The molecule has 1 aliphatic rings. The maximum Gasteiger partial charge on any atom is 0.189 e. The first-order valence-electron chi connectivity index (χ1n) is 5.24. The Bertz CT molecular complexity index is 365. The molecule has 0 radical (unpaired) electrons.